The first-order valence-corrected chi connectivity index (χ1v) is 9.46. The zero-order valence-corrected chi connectivity index (χ0v) is 16.2. The lowest BCUT2D eigenvalue weighted by atomic mass is 9.91. The minimum absolute atomic E-state index is 0.173. The Kier molecular flexibility index (Phi) is 5.79. The maximum Gasteiger partial charge on any atom is 0.404 e. The molecule has 0 spiro atoms. The van der Waals surface area contributed by atoms with Crippen LogP contribution in [-0.4, -0.2) is 52.1 Å². The van der Waals surface area contributed by atoms with Crippen molar-refractivity contribution in [3.05, 3.63) is 35.0 Å². The number of hydrogen-bond donors (Lipinski definition) is 2. The molecule has 2 amide bonds. The molecule has 0 atom stereocenters. The van der Waals surface area contributed by atoms with E-state index in [1.807, 2.05) is 0 Å². The molecule has 2 aromatic rings. The van der Waals surface area contributed by atoms with Gasteiger partial charge in [-0.15, -0.1) is 0 Å². The molecule has 0 radical (unpaired) electrons. The monoisotopic (exact) mass is 413 g/mol. The summed E-state index contributed by atoms with van der Waals surface area (Å²) in [7, 11) is 1.63. The van der Waals surface area contributed by atoms with Crippen molar-refractivity contribution in [1.29, 1.82) is 0 Å². The van der Waals surface area contributed by atoms with Crippen LogP contribution >= 0.6 is 11.6 Å². The number of fused-ring (bicyclic) bond motifs is 1. The van der Waals surface area contributed by atoms with Gasteiger partial charge >= 0.3 is 6.09 Å². The topological polar surface area (TPSA) is 74.6 Å². The van der Waals surface area contributed by atoms with Crippen LogP contribution in [-0.2, 0) is 6.54 Å². The van der Waals surface area contributed by atoms with E-state index in [4.69, 9.17) is 16.7 Å². The van der Waals surface area contributed by atoms with E-state index < -0.39 is 12.0 Å². The SMILES string of the molecule is CN(C(=O)c1cn(CCNC(=O)O)c2cccc(Cl)c12)C1CCC(F)(F)CC1. The van der Waals surface area contributed by atoms with E-state index in [0.717, 1.165) is 0 Å². The summed E-state index contributed by atoms with van der Waals surface area (Å²) < 4.78 is 28.6. The van der Waals surface area contributed by atoms with E-state index >= 15 is 0 Å². The van der Waals surface area contributed by atoms with Gasteiger partial charge in [-0.3, -0.25) is 4.79 Å². The van der Waals surface area contributed by atoms with Crippen LogP contribution in [0.15, 0.2) is 24.4 Å². The highest BCUT2D eigenvalue weighted by atomic mass is 35.5. The van der Waals surface area contributed by atoms with Crippen LogP contribution in [0.25, 0.3) is 10.9 Å². The van der Waals surface area contributed by atoms with E-state index in [2.05, 4.69) is 5.32 Å². The molecule has 6 nitrogen and oxygen atoms in total. The van der Waals surface area contributed by atoms with Crippen LogP contribution in [0.4, 0.5) is 13.6 Å². The van der Waals surface area contributed by atoms with Crippen LogP contribution in [0.3, 0.4) is 0 Å². The number of carboxylic acid groups (broad SMARTS) is 1. The lowest BCUT2D eigenvalue weighted by Crippen LogP contribution is -2.41. The summed E-state index contributed by atoms with van der Waals surface area (Å²) in [6.07, 6.45) is 0.585. The highest BCUT2D eigenvalue weighted by Gasteiger charge is 2.37. The van der Waals surface area contributed by atoms with Gasteiger partial charge in [0.05, 0.1) is 16.1 Å². The minimum atomic E-state index is -2.66. The molecule has 1 aromatic heterocycles. The molecule has 28 heavy (non-hydrogen) atoms. The Morgan fingerprint density at radius 1 is 1.36 bits per heavy atom. The Morgan fingerprint density at radius 2 is 2.04 bits per heavy atom. The first-order valence-electron chi connectivity index (χ1n) is 9.09. The maximum absolute atomic E-state index is 13.4. The molecule has 1 saturated carbocycles. The van der Waals surface area contributed by atoms with Crippen LogP contribution in [0.2, 0.25) is 5.02 Å². The number of carbonyl (C=O) groups excluding carboxylic acids is 1. The van der Waals surface area contributed by atoms with Gasteiger partial charge in [0.2, 0.25) is 5.92 Å². The quantitative estimate of drug-likeness (QED) is 0.771. The third-order valence-electron chi connectivity index (χ3n) is 5.27. The predicted octanol–water partition coefficient (Wildman–Crippen LogP) is 4.21. The van der Waals surface area contributed by atoms with Crippen LogP contribution in [0, 0.1) is 0 Å². The van der Waals surface area contributed by atoms with Crippen molar-refractivity contribution in [2.75, 3.05) is 13.6 Å². The highest BCUT2D eigenvalue weighted by molar-refractivity contribution is 6.36. The summed E-state index contributed by atoms with van der Waals surface area (Å²) in [5.74, 6) is -2.94. The van der Waals surface area contributed by atoms with Gasteiger partial charge in [0.15, 0.2) is 0 Å². The molecular formula is C19H22ClF2N3O3. The zero-order chi connectivity index (χ0) is 20.5. The normalized spacial score (nSPS) is 16.9. The average molecular weight is 414 g/mol. The van der Waals surface area contributed by atoms with E-state index in [0.29, 0.717) is 28.0 Å². The van der Waals surface area contributed by atoms with Gasteiger partial charge < -0.3 is 19.9 Å². The number of nitrogens with zero attached hydrogens (tertiary/aromatic N) is 2. The van der Waals surface area contributed by atoms with Gasteiger partial charge in [-0.25, -0.2) is 13.6 Å². The van der Waals surface area contributed by atoms with E-state index in [9.17, 15) is 18.4 Å². The molecule has 1 aliphatic rings. The predicted molar refractivity (Wildman–Crippen MR) is 102 cm³/mol. The summed E-state index contributed by atoms with van der Waals surface area (Å²) >= 11 is 6.34. The lowest BCUT2D eigenvalue weighted by Gasteiger charge is -2.34. The Balaban J connectivity index is 1.87. The number of halogens is 3. The first kappa shape index (κ1) is 20.4. The number of rotatable bonds is 5. The molecule has 152 valence electrons. The molecule has 3 rings (SSSR count). The first-order chi connectivity index (χ1) is 13.2. The molecule has 1 fully saturated rings. The third-order valence-corrected chi connectivity index (χ3v) is 5.58. The second kappa shape index (κ2) is 7.95. The molecule has 2 N–H and O–H groups in total. The molecule has 0 unspecified atom stereocenters. The number of carbonyl (C=O) groups is 2. The van der Waals surface area contributed by atoms with Crippen molar-refractivity contribution in [2.45, 2.75) is 44.2 Å². The number of aromatic nitrogens is 1. The summed E-state index contributed by atoms with van der Waals surface area (Å²) in [5.41, 5.74) is 1.10. The van der Waals surface area contributed by atoms with Gasteiger partial charge in [-0.05, 0) is 25.0 Å². The molecule has 0 saturated heterocycles. The molecule has 0 aliphatic heterocycles. The van der Waals surface area contributed by atoms with Crippen molar-refractivity contribution in [3.8, 4) is 0 Å². The molecule has 9 heteroatoms. The van der Waals surface area contributed by atoms with Gasteiger partial charge in [0, 0.05) is 50.6 Å². The van der Waals surface area contributed by atoms with E-state index in [-0.39, 0.29) is 44.2 Å². The number of alkyl halides is 2. The third kappa shape index (κ3) is 4.22. The largest absolute Gasteiger partial charge is 0.465 e. The van der Waals surface area contributed by atoms with Gasteiger partial charge in [-0.2, -0.15) is 0 Å². The van der Waals surface area contributed by atoms with Crippen molar-refractivity contribution in [1.82, 2.24) is 14.8 Å². The summed E-state index contributed by atoms with van der Waals surface area (Å²) in [6.45, 7) is 0.503. The van der Waals surface area contributed by atoms with Crippen LogP contribution in [0.1, 0.15) is 36.0 Å². The van der Waals surface area contributed by atoms with Gasteiger partial charge in [-0.1, -0.05) is 17.7 Å². The number of hydrogen-bond acceptors (Lipinski definition) is 2. The standard InChI is InChI=1S/C19H22ClF2N3O3/c1-24(12-5-7-19(21,22)8-6-12)17(26)13-11-25(10-9-23-18(27)28)15-4-2-3-14(20)16(13)15/h2-4,11-12,23H,5-10H2,1H3,(H,27,28). The second-order valence-corrected chi connectivity index (χ2v) is 7.51. The number of benzene rings is 1. The van der Waals surface area contributed by atoms with E-state index in [1.165, 1.54) is 4.90 Å². The Hall–Kier alpha value is -2.35. The molecular weight excluding hydrogens is 392 g/mol. The smallest absolute Gasteiger partial charge is 0.404 e. The number of amides is 2. The molecule has 1 aromatic carbocycles. The number of nitrogens with one attached hydrogen (secondary N) is 1. The van der Waals surface area contributed by atoms with Gasteiger partial charge in [0.25, 0.3) is 5.91 Å². The Labute approximate surface area is 166 Å². The maximum atomic E-state index is 13.4. The van der Waals surface area contributed by atoms with Crippen molar-refractivity contribution in [2.24, 2.45) is 0 Å². The summed E-state index contributed by atoms with van der Waals surface area (Å²) in [5, 5.41) is 12.0. The molecule has 0 bridgehead atoms. The van der Waals surface area contributed by atoms with Crippen molar-refractivity contribution >= 4 is 34.5 Å². The van der Waals surface area contributed by atoms with Crippen LogP contribution in [0.5, 0.6) is 0 Å². The zero-order valence-electron chi connectivity index (χ0n) is 15.4. The molecule has 1 aliphatic carbocycles. The highest BCUT2D eigenvalue weighted by Crippen LogP contribution is 2.36. The van der Waals surface area contributed by atoms with Crippen molar-refractivity contribution < 1.29 is 23.5 Å². The van der Waals surface area contributed by atoms with Crippen molar-refractivity contribution in [3.63, 3.8) is 0 Å². The summed E-state index contributed by atoms with van der Waals surface area (Å²) in [4.78, 5) is 25.3. The average Bonchev–Trinajstić information content (AvgIpc) is 3.00. The second-order valence-electron chi connectivity index (χ2n) is 7.11. The lowest BCUT2D eigenvalue weighted by molar-refractivity contribution is -0.0490. The van der Waals surface area contributed by atoms with Gasteiger partial charge in [0.1, 0.15) is 0 Å². The Morgan fingerprint density at radius 3 is 2.68 bits per heavy atom. The Bertz CT molecular complexity index is 890. The fraction of sp³-hybridized carbons (Fsp3) is 0.474. The fourth-order valence-electron chi connectivity index (χ4n) is 3.71. The molecule has 1 heterocycles. The van der Waals surface area contributed by atoms with Crippen LogP contribution < -0.4 is 5.32 Å². The summed E-state index contributed by atoms with van der Waals surface area (Å²) in [6, 6.07) is 5.00. The minimum Gasteiger partial charge on any atom is -0.465 e. The van der Waals surface area contributed by atoms with E-state index in [1.54, 1.807) is 36.0 Å². The fourth-order valence-corrected chi connectivity index (χ4v) is 3.98.